The van der Waals surface area contributed by atoms with E-state index in [0.717, 1.165) is 4.90 Å². The summed E-state index contributed by atoms with van der Waals surface area (Å²) in [6.07, 6.45) is -5.13. The van der Waals surface area contributed by atoms with Gasteiger partial charge in [-0.15, -0.1) is 0 Å². The smallest absolute Gasteiger partial charge is 0.426 e. The number of hydrogen-bond donors (Lipinski definition) is 2. The van der Waals surface area contributed by atoms with Crippen LogP contribution >= 0.6 is 23.4 Å². The summed E-state index contributed by atoms with van der Waals surface area (Å²) in [7, 11) is 0. The van der Waals surface area contributed by atoms with Crippen LogP contribution < -0.4 is 5.32 Å². The zero-order chi connectivity index (χ0) is 21.8. The molecule has 2 N–H and O–H groups in total. The molecule has 2 aromatic rings. The van der Waals surface area contributed by atoms with Gasteiger partial charge in [0.2, 0.25) is 5.60 Å². The van der Waals surface area contributed by atoms with Gasteiger partial charge in [-0.1, -0.05) is 23.4 Å². The molecule has 1 amide bonds. The van der Waals surface area contributed by atoms with Gasteiger partial charge in [-0.2, -0.15) is 13.2 Å². The number of rotatable bonds is 6. The molecular weight excluding hydrogens is 431 g/mol. The van der Waals surface area contributed by atoms with E-state index < -0.39 is 23.7 Å². The Kier molecular flexibility index (Phi) is 7.20. The van der Waals surface area contributed by atoms with Crippen LogP contribution in [0.2, 0.25) is 5.02 Å². The largest absolute Gasteiger partial charge is 0.462 e. The maximum absolute atomic E-state index is 12.7. The predicted octanol–water partition coefficient (Wildman–Crippen LogP) is 4.92. The van der Waals surface area contributed by atoms with E-state index in [-0.39, 0.29) is 17.3 Å². The third-order valence-corrected chi connectivity index (χ3v) is 5.09. The summed E-state index contributed by atoms with van der Waals surface area (Å²) in [6, 6.07) is 11.0. The van der Waals surface area contributed by atoms with Crippen molar-refractivity contribution in [2.45, 2.75) is 35.4 Å². The molecular formula is C19H17ClF3NO4S. The molecule has 2 rings (SSSR count). The van der Waals surface area contributed by atoms with Gasteiger partial charge >= 0.3 is 12.1 Å². The number of hydrogen-bond acceptors (Lipinski definition) is 5. The zero-order valence-corrected chi connectivity index (χ0v) is 16.9. The normalized spacial score (nSPS) is 13.5. The van der Waals surface area contributed by atoms with Crippen molar-refractivity contribution in [3.8, 4) is 0 Å². The van der Waals surface area contributed by atoms with Crippen molar-refractivity contribution in [1.82, 2.24) is 0 Å². The first-order valence-corrected chi connectivity index (χ1v) is 9.50. The molecule has 0 saturated carbocycles. The molecule has 29 heavy (non-hydrogen) atoms. The summed E-state index contributed by atoms with van der Waals surface area (Å²) in [4.78, 5) is 24.8. The number of carbonyl (C=O) groups excluding carboxylic acids is 2. The van der Waals surface area contributed by atoms with Crippen molar-refractivity contribution in [3.63, 3.8) is 0 Å². The fraction of sp³-hybridized carbons (Fsp3) is 0.263. The Morgan fingerprint density at radius 3 is 2.24 bits per heavy atom. The highest BCUT2D eigenvalue weighted by Gasteiger charge is 2.55. The van der Waals surface area contributed by atoms with Gasteiger partial charge in [0.05, 0.1) is 22.9 Å². The first kappa shape index (κ1) is 23.1. The Balaban J connectivity index is 2.10. The van der Waals surface area contributed by atoms with E-state index >= 15 is 0 Å². The number of ether oxygens (including phenoxy) is 1. The number of amides is 1. The molecule has 0 aliphatic rings. The van der Waals surface area contributed by atoms with Gasteiger partial charge < -0.3 is 15.2 Å². The quantitative estimate of drug-likeness (QED) is 0.615. The van der Waals surface area contributed by atoms with Crippen LogP contribution in [0.4, 0.5) is 18.9 Å². The second-order valence-electron chi connectivity index (χ2n) is 6.01. The van der Waals surface area contributed by atoms with E-state index in [2.05, 4.69) is 0 Å². The van der Waals surface area contributed by atoms with Crippen LogP contribution in [-0.2, 0) is 9.53 Å². The van der Waals surface area contributed by atoms with Gasteiger partial charge in [0, 0.05) is 9.79 Å². The van der Waals surface area contributed by atoms with Crippen LogP contribution in [0.3, 0.4) is 0 Å². The minimum absolute atomic E-state index is 0.00414. The van der Waals surface area contributed by atoms with Gasteiger partial charge in [0.25, 0.3) is 5.91 Å². The van der Waals surface area contributed by atoms with Crippen molar-refractivity contribution in [2.75, 3.05) is 11.9 Å². The number of esters is 1. The number of benzene rings is 2. The fourth-order valence-electron chi connectivity index (χ4n) is 2.04. The number of alkyl halides is 3. The molecule has 0 aromatic heterocycles. The zero-order valence-electron chi connectivity index (χ0n) is 15.3. The van der Waals surface area contributed by atoms with Gasteiger partial charge in [-0.25, -0.2) is 4.79 Å². The lowest BCUT2D eigenvalue weighted by Crippen LogP contribution is -2.52. The van der Waals surface area contributed by atoms with E-state index in [1.807, 2.05) is 5.32 Å². The van der Waals surface area contributed by atoms with E-state index in [0.29, 0.717) is 17.4 Å². The maximum Gasteiger partial charge on any atom is 0.426 e. The Bertz CT molecular complexity index is 901. The molecule has 0 heterocycles. The van der Waals surface area contributed by atoms with Gasteiger partial charge in [0.1, 0.15) is 0 Å². The molecule has 0 saturated heterocycles. The summed E-state index contributed by atoms with van der Waals surface area (Å²) in [5.41, 5.74) is -3.21. The molecule has 2 aromatic carbocycles. The molecule has 1 atom stereocenters. The predicted molar refractivity (Wildman–Crippen MR) is 103 cm³/mol. The molecule has 156 valence electrons. The van der Waals surface area contributed by atoms with Crippen molar-refractivity contribution >= 4 is 40.9 Å². The number of halogens is 4. The van der Waals surface area contributed by atoms with E-state index in [4.69, 9.17) is 16.3 Å². The summed E-state index contributed by atoms with van der Waals surface area (Å²) >= 11 is 7.35. The van der Waals surface area contributed by atoms with E-state index in [1.54, 1.807) is 37.3 Å². The minimum atomic E-state index is -5.13. The van der Waals surface area contributed by atoms with Crippen molar-refractivity contribution < 1.29 is 32.6 Å². The minimum Gasteiger partial charge on any atom is -0.462 e. The second-order valence-corrected chi connectivity index (χ2v) is 7.57. The SMILES string of the molecule is CCOC(=O)c1ccc(Sc2ccc(NC(=O)C(C)(O)C(F)(F)F)c(Cl)c2)cc1. The van der Waals surface area contributed by atoms with Crippen LogP contribution in [0.5, 0.6) is 0 Å². The molecule has 5 nitrogen and oxygen atoms in total. The molecule has 0 radical (unpaired) electrons. The molecule has 0 fully saturated rings. The van der Waals surface area contributed by atoms with Gasteiger partial charge in [0.15, 0.2) is 0 Å². The van der Waals surface area contributed by atoms with Crippen molar-refractivity contribution in [1.29, 1.82) is 0 Å². The topological polar surface area (TPSA) is 75.6 Å². The monoisotopic (exact) mass is 447 g/mol. The van der Waals surface area contributed by atoms with Crippen molar-refractivity contribution in [2.24, 2.45) is 0 Å². The summed E-state index contributed by atoms with van der Waals surface area (Å²) < 4.78 is 43.1. The first-order valence-electron chi connectivity index (χ1n) is 8.31. The number of nitrogens with one attached hydrogen (secondary N) is 1. The van der Waals surface area contributed by atoms with Crippen LogP contribution in [-0.4, -0.2) is 35.4 Å². The number of carbonyl (C=O) groups is 2. The highest BCUT2D eigenvalue weighted by molar-refractivity contribution is 7.99. The van der Waals surface area contributed by atoms with Crippen LogP contribution in [0.25, 0.3) is 0 Å². The highest BCUT2D eigenvalue weighted by Crippen LogP contribution is 2.35. The molecule has 10 heteroatoms. The summed E-state index contributed by atoms with van der Waals surface area (Å²) in [5.74, 6) is -2.07. The average Bonchev–Trinajstić information content (AvgIpc) is 2.63. The van der Waals surface area contributed by atoms with E-state index in [9.17, 15) is 27.9 Å². The fourth-order valence-corrected chi connectivity index (χ4v) is 3.19. The first-order chi connectivity index (χ1) is 13.5. The molecule has 0 bridgehead atoms. The average molecular weight is 448 g/mol. The second kappa shape index (κ2) is 9.06. The van der Waals surface area contributed by atoms with Crippen LogP contribution in [0.15, 0.2) is 52.3 Å². The Hall–Kier alpha value is -2.23. The van der Waals surface area contributed by atoms with Crippen LogP contribution in [0, 0.1) is 0 Å². The third kappa shape index (κ3) is 5.65. The Morgan fingerprint density at radius 2 is 1.72 bits per heavy atom. The lowest BCUT2D eigenvalue weighted by atomic mass is 10.1. The third-order valence-electron chi connectivity index (χ3n) is 3.78. The highest BCUT2D eigenvalue weighted by atomic mass is 35.5. The standard InChI is InChI=1S/C19H17ClF3NO4S/c1-3-28-16(25)11-4-6-12(7-5-11)29-13-8-9-15(14(20)10-13)24-17(26)18(2,27)19(21,22)23/h4-10,27H,3H2,1-2H3,(H,24,26). The molecule has 0 aliphatic heterocycles. The Morgan fingerprint density at radius 1 is 1.14 bits per heavy atom. The maximum atomic E-state index is 12.7. The van der Waals surface area contributed by atoms with E-state index in [1.165, 1.54) is 23.9 Å². The van der Waals surface area contributed by atoms with Crippen LogP contribution in [0.1, 0.15) is 24.2 Å². The lowest BCUT2D eigenvalue weighted by molar-refractivity contribution is -0.242. The lowest BCUT2D eigenvalue weighted by Gasteiger charge is -2.25. The Labute approximate surface area is 174 Å². The van der Waals surface area contributed by atoms with Crippen molar-refractivity contribution in [3.05, 3.63) is 53.1 Å². The molecule has 1 unspecified atom stereocenters. The number of anilines is 1. The molecule has 0 aliphatic carbocycles. The van der Waals surface area contributed by atoms with Gasteiger partial charge in [-0.05, 0) is 56.3 Å². The molecule has 0 spiro atoms. The summed E-state index contributed by atoms with van der Waals surface area (Å²) in [6.45, 7) is 2.34. The van der Waals surface area contributed by atoms with Gasteiger partial charge in [-0.3, -0.25) is 4.79 Å². The number of aliphatic hydroxyl groups is 1. The summed E-state index contributed by atoms with van der Waals surface area (Å²) in [5, 5.41) is 11.4.